The van der Waals surface area contributed by atoms with Gasteiger partial charge in [0.2, 0.25) is 0 Å². The number of anilines is 1. The molecule has 3 nitrogen and oxygen atoms in total. The smallest absolute Gasteiger partial charge is 0.0485 e. The van der Waals surface area contributed by atoms with E-state index in [0.29, 0.717) is 6.04 Å². The highest BCUT2D eigenvalue weighted by molar-refractivity contribution is 9.10. The number of nitrogens with one attached hydrogen (secondary N) is 1. The lowest BCUT2D eigenvalue weighted by atomic mass is 10.1. The van der Waals surface area contributed by atoms with Gasteiger partial charge in [-0.05, 0) is 61.5 Å². The molecule has 106 valence electrons. The monoisotopic (exact) mass is 325 g/mol. The molecule has 19 heavy (non-hydrogen) atoms. The zero-order chi connectivity index (χ0) is 13.7. The Labute approximate surface area is 125 Å². The van der Waals surface area contributed by atoms with E-state index in [-0.39, 0.29) is 0 Å². The lowest BCUT2D eigenvalue weighted by Gasteiger charge is -2.35. The topological polar surface area (TPSA) is 18.5 Å². The molecule has 2 rings (SSSR count). The lowest BCUT2D eigenvalue weighted by molar-refractivity contribution is 0.138. The van der Waals surface area contributed by atoms with E-state index in [1.807, 2.05) is 6.07 Å². The highest BCUT2D eigenvalue weighted by atomic mass is 79.9. The van der Waals surface area contributed by atoms with Crippen molar-refractivity contribution in [1.82, 2.24) is 9.80 Å². The Kier molecular flexibility index (Phi) is 5.67. The van der Waals surface area contributed by atoms with Crippen molar-refractivity contribution in [2.24, 2.45) is 0 Å². The summed E-state index contributed by atoms with van der Waals surface area (Å²) in [6.07, 6.45) is 2.65. The van der Waals surface area contributed by atoms with E-state index < -0.39 is 0 Å². The van der Waals surface area contributed by atoms with Crippen molar-refractivity contribution in [3.8, 4) is 0 Å². The molecule has 1 aliphatic heterocycles. The molecule has 0 saturated carbocycles. The van der Waals surface area contributed by atoms with E-state index in [9.17, 15) is 0 Å². The third kappa shape index (κ3) is 4.48. The van der Waals surface area contributed by atoms with Crippen LogP contribution in [0.15, 0.2) is 28.7 Å². The Balaban J connectivity index is 1.74. The summed E-state index contributed by atoms with van der Waals surface area (Å²) in [6, 6.07) is 8.99. The molecule has 1 heterocycles. The Morgan fingerprint density at radius 2 is 2.21 bits per heavy atom. The van der Waals surface area contributed by atoms with Crippen molar-refractivity contribution in [1.29, 1.82) is 0 Å². The lowest BCUT2D eigenvalue weighted by Crippen LogP contribution is -2.46. The Morgan fingerprint density at radius 1 is 1.42 bits per heavy atom. The molecule has 1 atom stereocenters. The second-order valence-electron chi connectivity index (χ2n) is 5.45. The van der Waals surface area contributed by atoms with Gasteiger partial charge in [-0.15, -0.1) is 0 Å². The molecule has 1 N–H and O–H groups in total. The fourth-order valence-corrected chi connectivity index (χ4v) is 3.08. The highest BCUT2D eigenvalue weighted by Crippen LogP contribution is 2.21. The maximum atomic E-state index is 3.57. The number of hydrogen-bond donors (Lipinski definition) is 1. The van der Waals surface area contributed by atoms with Gasteiger partial charge in [0.15, 0.2) is 0 Å². The van der Waals surface area contributed by atoms with Crippen LogP contribution in [-0.4, -0.2) is 56.1 Å². The van der Waals surface area contributed by atoms with Crippen molar-refractivity contribution in [3.63, 3.8) is 0 Å². The first-order valence-corrected chi connectivity index (χ1v) is 7.83. The van der Waals surface area contributed by atoms with E-state index in [1.54, 1.807) is 0 Å². The van der Waals surface area contributed by atoms with Crippen molar-refractivity contribution in [2.45, 2.75) is 18.9 Å². The predicted molar refractivity (Wildman–Crippen MR) is 85.8 cm³/mol. The van der Waals surface area contributed by atoms with Gasteiger partial charge in [-0.3, -0.25) is 0 Å². The minimum Gasteiger partial charge on any atom is -0.383 e. The average Bonchev–Trinajstić information content (AvgIpc) is 2.41. The molecule has 1 aromatic carbocycles. The zero-order valence-electron chi connectivity index (χ0n) is 11.9. The summed E-state index contributed by atoms with van der Waals surface area (Å²) in [7, 11) is 4.46. The molecular weight excluding hydrogens is 302 g/mol. The third-order valence-electron chi connectivity index (χ3n) is 3.88. The summed E-state index contributed by atoms with van der Waals surface area (Å²) in [5.41, 5.74) is 1.18. The summed E-state index contributed by atoms with van der Waals surface area (Å²) >= 11 is 3.57. The summed E-state index contributed by atoms with van der Waals surface area (Å²) < 4.78 is 1.13. The van der Waals surface area contributed by atoms with Crippen LogP contribution in [0.5, 0.6) is 0 Å². The minimum absolute atomic E-state index is 0.708. The number of likely N-dealkylation sites (N-methyl/N-ethyl adjacent to an activating group) is 2. The van der Waals surface area contributed by atoms with Gasteiger partial charge >= 0.3 is 0 Å². The third-order valence-corrected chi connectivity index (χ3v) is 4.57. The van der Waals surface area contributed by atoms with Gasteiger partial charge in [0.25, 0.3) is 0 Å². The predicted octanol–water partition coefficient (Wildman–Crippen LogP) is 2.89. The number of likely N-dealkylation sites (tertiary alicyclic amines) is 1. The van der Waals surface area contributed by atoms with Gasteiger partial charge in [-0.2, -0.15) is 0 Å². The number of hydrogen-bond acceptors (Lipinski definition) is 3. The quantitative estimate of drug-likeness (QED) is 0.898. The normalized spacial score (nSPS) is 20.7. The van der Waals surface area contributed by atoms with Gasteiger partial charge in [-0.25, -0.2) is 0 Å². The summed E-state index contributed by atoms with van der Waals surface area (Å²) in [6.45, 7) is 4.52. The van der Waals surface area contributed by atoms with Crippen LogP contribution >= 0.6 is 15.9 Å². The fourth-order valence-electron chi connectivity index (χ4n) is 2.65. The summed E-state index contributed by atoms with van der Waals surface area (Å²) in [4.78, 5) is 4.92. The molecule has 0 aliphatic carbocycles. The standard InChI is InChI=1S/C15H24BrN3/c1-18-10-5-6-13(12-18)19(2)11-9-17-15-8-4-3-7-14(15)16/h3-4,7-8,13,17H,5-6,9-12H2,1-2H3. The summed E-state index contributed by atoms with van der Waals surface area (Å²) in [5, 5.41) is 3.49. The molecule has 1 aliphatic rings. The number of rotatable bonds is 5. The van der Waals surface area contributed by atoms with Gasteiger partial charge in [0, 0.05) is 35.8 Å². The van der Waals surface area contributed by atoms with Crippen LogP contribution in [0.1, 0.15) is 12.8 Å². The second-order valence-corrected chi connectivity index (χ2v) is 6.30. The first-order valence-electron chi connectivity index (χ1n) is 7.04. The van der Waals surface area contributed by atoms with E-state index in [4.69, 9.17) is 0 Å². The van der Waals surface area contributed by atoms with E-state index in [2.05, 4.69) is 63.3 Å². The molecule has 4 heteroatoms. The molecule has 0 bridgehead atoms. The number of nitrogens with zero attached hydrogens (tertiary/aromatic N) is 2. The first-order chi connectivity index (χ1) is 9.16. The molecule has 1 saturated heterocycles. The van der Waals surface area contributed by atoms with E-state index in [0.717, 1.165) is 17.6 Å². The Morgan fingerprint density at radius 3 is 2.95 bits per heavy atom. The number of halogens is 1. The van der Waals surface area contributed by atoms with Crippen LogP contribution in [0.25, 0.3) is 0 Å². The highest BCUT2D eigenvalue weighted by Gasteiger charge is 2.20. The van der Waals surface area contributed by atoms with Gasteiger partial charge < -0.3 is 15.1 Å². The van der Waals surface area contributed by atoms with E-state index >= 15 is 0 Å². The molecule has 0 radical (unpaired) electrons. The second kappa shape index (κ2) is 7.27. The molecule has 1 aromatic rings. The fraction of sp³-hybridized carbons (Fsp3) is 0.600. The molecule has 1 fully saturated rings. The van der Waals surface area contributed by atoms with Crippen LogP contribution in [0, 0.1) is 0 Å². The van der Waals surface area contributed by atoms with Gasteiger partial charge in [0.05, 0.1) is 0 Å². The number of para-hydroxylation sites is 1. The molecule has 0 spiro atoms. The number of benzene rings is 1. The van der Waals surface area contributed by atoms with Crippen LogP contribution < -0.4 is 5.32 Å². The van der Waals surface area contributed by atoms with Crippen molar-refractivity contribution < 1.29 is 0 Å². The van der Waals surface area contributed by atoms with Gasteiger partial charge in [-0.1, -0.05) is 12.1 Å². The number of piperidine rings is 1. The largest absolute Gasteiger partial charge is 0.383 e. The SMILES string of the molecule is CN1CCCC(N(C)CCNc2ccccc2Br)C1. The van der Waals surface area contributed by atoms with Crippen LogP contribution in [0.2, 0.25) is 0 Å². The van der Waals surface area contributed by atoms with Gasteiger partial charge in [0.1, 0.15) is 0 Å². The minimum atomic E-state index is 0.708. The van der Waals surface area contributed by atoms with Crippen molar-refractivity contribution in [3.05, 3.63) is 28.7 Å². The first kappa shape index (κ1) is 14.8. The molecule has 1 unspecified atom stereocenters. The van der Waals surface area contributed by atoms with E-state index in [1.165, 1.54) is 31.6 Å². The van der Waals surface area contributed by atoms with Crippen LogP contribution in [0.3, 0.4) is 0 Å². The maximum absolute atomic E-state index is 3.57. The Hall–Kier alpha value is -0.580. The Bertz CT molecular complexity index is 397. The van der Waals surface area contributed by atoms with Crippen LogP contribution in [0.4, 0.5) is 5.69 Å². The zero-order valence-corrected chi connectivity index (χ0v) is 13.5. The molecule has 0 aromatic heterocycles. The molecular formula is C15H24BrN3. The summed E-state index contributed by atoms with van der Waals surface area (Å²) in [5.74, 6) is 0. The average molecular weight is 326 g/mol. The van der Waals surface area contributed by atoms with Crippen LogP contribution in [-0.2, 0) is 0 Å². The van der Waals surface area contributed by atoms with Crippen molar-refractivity contribution >= 4 is 21.6 Å². The van der Waals surface area contributed by atoms with Crippen molar-refractivity contribution in [2.75, 3.05) is 45.6 Å². The molecule has 0 amide bonds. The maximum Gasteiger partial charge on any atom is 0.0485 e.